The normalized spacial score (nSPS) is 17.3. The molecule has 0 radical (unpaired) electrons. The van der Waals surface area contributed by atoms with E-state index in [0.29, 0.717) is 16.7 Å². The van der Waals surface area contributed by atoms with Crippen molar-refractivity contribution in [3.05, 3.63) is 156 Å². The second-order valence-corrected chi connectivity index (χ2v) is 12.4. The van der Waals surface area contributed by atoms with Gasteiger partial charge in [0.2, 0.25) is 0 Å². The molecule has 1 saturated heterocycles. The summed E-state index contributed by atoms with van der Waals surface area (Å²) in [6, 6.07) is 44.1. The minimum atomic E-state index is -0.935. The van der Waals surface area contributed by atoms with Crippen LogP contribution in [0.25, 0.3) is 54.9 Å². The Kier molecular flexibility index (Phi) is 8.26. The van der Waals surface area contributed by atoms with E-state index in [1.165, 1.54) is 10.1 Å². The monoisotopic (exact) mass is 659 g/mol. The van der Waals surface area contributed by atoms with Gasteiger partial charge in [-0.25, -0.2) is 4.79 Å². The third-order valence-corrected chi connectivity index (χ3v) is 9.39. The summed E-state index contributed by atoms with van der Waals surface area (Å²) < 4.78 is 7.12. The van der Waals surface area contributed by atoms with Gasteiger partial charge in [-0.15, -0.1) is 0 Å². The van der Waals surface area contributed by atoms with E-state index in [0.717, 1.165) is 38.2 Å². The minimum absolute atomic E-state index is 0.105. The number of nitrogens with one attached hydrogen (secondary N) is 1. The summed E-state index contributed by atoms with van der Waals surface area (Å²) in [6.45, 7) is -0.380. The van der Waals surface area contributed by atoms with Gasteiger partial charge in [0.15, 0.2) is 0 Å². The summed E-state index contributed by atoms with van der Waals surface area (Å²) in [7, 11) is 0. The third kappa shape index (κ3) is 5.65. The van der Waals surface area contributed by atoms with Gasteiger partial charge in [-0.3, -0.25) is 9.36 Å². The molecule has 2 heterocycles. The van der Waals surface area contributed by atoms with Gasteiger partial charge in [-0.2, -0.15) is 4.98 Å². The highest BCUT2D eigenvalue weighted by Gasteiger charge is 2.35. The molecule has 1 aromatic heterocycles. The highest BCUT2D eigenvalue weighted by Crippen LogP contribution is 2.44. The van der Waals surface area contributed by atoms with Crippen molar-refractivity contribution in [1.29, 1.82) is 0 Å². The topological polar surface area (TPSA) is 114 Å². The molecule has 1 aliphatic heterocycles. The number of fused-ring (bicyclic) bond motifs is 2. The molecule has 50 heavy (non-hydrogen) atoms. The van der Waals surface area contributed by atoms with Gasteiger partial charge in [0.05, 0.1) is 12.7 Å². The molecular weight excluding hydrogens is 626 g/mol. The SMILES string of the molecule is O=C(Nc1nc(=O)n([C@H]2C[C@H](O)[C@@H](CO)O2)cc1-c1ccc(-c2c3ccccc3c(-c3ccccc3)c3ccccc23)cc1)c1ccccc1. The molecule has 0 aliphatic carbocycles. The lowest BCUT2D eigenvalue weighted by Crippen LogP contribution is -2.29. The van der Waals surface area contributed by atoms with E-state index in [4.69, 9.17) is 4.74 Å². The van der Waals surface area contributed by atoms with Crippen molar-refractivity contribution in [3.8, 4) is 33.4 Å². The molecule has 3 atom stereocenters. The van der Waals surface area contributed by atoms with E-state index >= 15 is 0 Å². The van der Waals surface area contributed by atoms with Gasteiger partial charge in [-0.05, 0) is 61.5 Å². The van der Waals surface area contributed by atoms with Crippen LogP contribution in [0.3, 0.4) is 0 Å². The molecule has 246 valence electrons. The molecule has 8 rings (SSSR count). The van der Waals surface area contributed by atoms with Gasteiger partial charge in [0.1, 0.15) is 18.1 Å². The first-order valence-corrected chi connectivity index (χ1v) is 16.5. The zero-order valence-corrected chi connectivity index (χ0v) is 26.9. The highest BCUT2D eigenvalue weighted by molar-refractivity contribution is 6.21. The fraction of sp³-hybridized carbons (Fsp3) is 0.119. The summed E-state index contributed by atoms with van der Waals surface area (Å²) in [5.41, 5.74) is 5.43. The van der Waals surface area contributed by atoms with Crippen molar-refractivity contribution < 1.29 is 19.7 Å². The van der Waals surface area contributed by atoms with Gasteiger partial charge in [-0.1, -0.05) is 121 Å². The summed E-state index contributed by atoms with van der Waals surface area (Å²) in [5.74, 6) is -0.300. The van der Waals surface area contributed by atoms with E-state index in [1.54, 1.807) is 30.5 Å². The van der Waals surface area contributed by atoms with E-state index in [9.17, 15) is 19.8 Å². The van der Waals surface area contributed by atoms with Gasteiger partial charge < -0.3 is 20.3 Å². The smallest absolute Gasteiger partial charge is 0.351 e. The Balaban J connectivity index is 1.26. The largest absolute Gasteiger partial charge is 0.394 e. The number of benzene rings is 6. The number of carbonyl (C=O) groups excluding carboxylic acids is 1. The molecule has 1 fully saturated rings. The number of aromatic nitrogens is 2. The van der Waals surface area contributed by atoms with Crippen molar-refractivity contribution >= 4 is 33.3 Å². The van der Waals surface area contributed by atoms with Crippen molar-refractivity contribution in [2.24, 2.45) is 0 Å². The molecule has 0 spiro atoms. The summed E-state index contributed by atoms with van der Waals surface area (Å²) in [5, 5.41) is 27.4. The number of rotatable bonds is 7. The number of aliphatic hydroxyl groups is 2. The fourth-order valence-electron chi connectivity index (χ4n) is 6.97. The van der Waals surface area contributed by atoms with E-state index < -0.39 is 30.0 Å². The molecule has 7 aromatic rings. The standard InChI is InChI=1S/C42H33N3O5/c46-25-36-35(47)23-37(50-36)45-24-34(40(44-42(45)49)43-41(48)29-13-5-2-6-14-29)26-19-21-28(22-20-26)39-32-17-9-7-15-30(32)38(27-11-3-1-4-12-27)31-16-8-10-18-33(31)39/h1-22,24,35-37,46-47H,23,25H2,(H,43,44,48,49)/t35-,36+,37+/m0/s1. The number of amides is 1. The van der Waals surface area contributed by atoms with E-state index in [1.807, 2.05) is 36.4 Å². The third-order valence-electron chi connectivity index (χ3n) is 9.39. The lowest BCUT2D eigenvalue weighted by atomic mass is 9.86. The first-order chi connectivity index (χ1) is 24.5. The molecule has 0 bridgehead atoms. The number of ether oxygens (including phenoxy) is 1. The number of hydrogen-bond donors (Lipinski definition) is 3. The Hall–Kier alpha value is -5.93. The summed E-state index contributed by atoms with van der Waals surface area (Å²) in [4.78, 5) is 30.9. The maximum atomic E-state index is 13.3. The van der Waals surface area contributed by atoms with Crippen LogP contribution in [0.4, 0.5) is 5.82 Å². The summed E-state index contributed by atoms with van der Waals surface area (Å²) >= 11 is 0. The maximum absolute atomic E-state index is 13.3. The predicted octanol–water partition coefficient (Wildman–Crippen LogP) is 7.44. The molecule has 1 aliphatic rings. The van der Waals surface area contributed by atoms with Crippen molar-refractivity contribution in [2.75, 3.05) is 11.9 Å². The molecular formula is C42H33N3O5. The lowest BCUT2D eigenvalue weighted by Gasteiger charge is -2.19. The Morgan fingerprint density at radius 2 is 1.22 bits per heavy atom. The number of hydrogen-bond acceptors (Lipinski definition) is 6. The highest BCUT2D eigenvalue weighted by atomic mass is 16.5. The molecule has 8 nitrogen and oxygen atoms in total. The zero-order chi connectivity index (χ0) is 34.2. The van der Waals surface area contributed by atoms with Crippen molar-refractivity contribution in [3.63, 3.8) is 0 Å². The number of carbonyl (C=O) groups is 1. The van der Waals surface area contributed by atoms with E-state index in [-0.39, 0.29) is 18.8 Å². The molecule has 0 saturated carbocycles. The number of anilines is 1. The van der Waals surface area contributed by atoms with E-state index in [2.05, 4.69) is 83.1 Å². The van der Waals surface area contributed by atoms with Gasteiger partial charge >= 0.3 is 5.69 Å². The average Bonchev–Trinajstić information content (AvgIpc) is 3.54. The Bertz CT molecular complexity index is 2350. The van der Waals surface area contributed by atoms with Crippen LogP contribution in [0.2, 0.25) is 0 Å². The molecule has 3 N–H and O–H groups in total. The van der Waals surface area contributed by atoms with Crippen LogP contribution >= 0.6 is 0 Å². The Labute approximate surface area is 287 Å². The van der Waals surface area contributed by atoms with Crippen LogP contribution < -0.4 is 11.0 Å². The van der Waals surface area contributed by atoms with Gasteiger partial charge in [0.25, 0.3) is 5.91 Å². The van der Waals surface area contributed by atoms with Gasteiger partial charge in [0, 0.05) is 23.7 Å². The quantitative estimate of drug-likeness (QED) is 0.153. The van der Waals surface area contributed by atoms with Crippen molar-refractivity contribution in [1.82, 2.24) is 9.55 Å². The molecule has 1 amide bonds. The second kappa shape index (κ2) is 13.2. The number of aliphatic hydroxyl groups excluding tert-OH is 2. The lowest BCUT2D eigenvalue weighted by molar-refractivity contribution is -0.0458. The second-order valence-electron chi connectivity index (χ2n) is 12.4. The van der Waals surface area contributed by atoms with Crippen LogP contribution in [0.5, 0.6) is 0 Å². The van der Waals surface area contributed by atoms with Crippen LogP contribution in [0.1, 0.15) is 23.0 Å². The van der Waals surface area contributed by atoms with Crippen LogP contribution in [-0.2, 0) is 4.74 Å². The predicted molar refractivity (Wildman–Crippen MR) is 196 cm³/mol. The first kappa shape index (κ1) is 31.3. The number of nitrogens with zero attached hydrogens (tertiary/aromatic N) is 2. The Morgan fingerprint density at radius 1 is 0.720 bits per heavy atom. The van der Waals surface area contributed by atoms with Crippen LogP contribution in [0, 0.1) is 0 Å². The van der Waals surface area contributed by atoms with Crippen LogP contribution in [0.15, 0.2) is 144 Å². The Morgan fingerprint density at radius 3 is 1.76 bits per heavy atom. The first-order valence-electron chi connectivity index (χ1n) is 16.5. The molecule has 0 unspecified atom stereocenters. The average molecular weight is 660 g/mol. The fourth-order valence-corrected chi connectivity index (χ4v) is 6.97. The van der Waals surface area contributed by atoms with Crippen molar-refractivity contribution in [2.45, 2.75) is 24.9 Å². The van der Waals surface area contributed by atoms with Crippen LogP contribution in [-0.4, -0.2) is 44.5 Å². The molecule has 8 heteroatoms. The minimum Gasteiger partial charge on any atom is -0.394 e. The summed E-state index contributed by atoms with van der Waals surface area (Å²) in [6.07, 6.45) is -0.873. The molecule has 6 aromatic carbocycles. The maximum Gasteiger partial charge on any atom is 0.351 e. The zero-order valence-electron chi connectivity index (χ0n) is 26.9.